The molecule has 0 aliphatic carbocycles. The van der Waals surface area contributed by atoms with Gasteiger partial charge in [0.15, 0.2) is 0 Å². The SMILES string of the molecule is CCC(C)(C)CNS(=O)(=O)c1ccsc1CO. The summed E-state index contributed by atoms with van der Waals surface area (Å²) in [5.41, 5.74) is -0.0670. The van der Waals surface area contributed by atoms with Gasteiger partial charge in [0.05, 0.1) is 11.5 Å². The van der Waals surface area contributed by atoms with Crippen molar-refractivity contribution < 1.29 is 13.5 Å². The van der Waals surface area contributed by atoms with Crippen LogP contribution >= 0.6 is 11.3 Å². The standard InChI is InChI=1S/C11H19NO3S2/c1-4-11(2,3)8-12-17(14,15)10-5-6-16-9(10)7-13/h5-6,12-13H,4,7-8H2,1-3H3. The molecule has 0 spiro atoms. The topological polar surface area (TPSA) is 66.4 Å². The quantitative estimate of drug-likeness (QED) is 0.835. The first-order valence-electron chi connectivity index (χ1n) is 5.49. The van der Waals surface area contributed by atoms with E-state index in [1.807, 2.05) is 20.8 Å². The molecule has 2 N–H and O–H groups in total. The van der Waals surface area contributed by atoms with Crippen LogP contribution in [0.5, 0.6) is 0 Å². The molecule has 1 aromatic rings. The van der Waals surface area contributed by atoms with Crippen molar-refractivity contribution in [2.24, 2.45) is 5.41 Å². The van der Waals surface area contributed by atoms with Crippen LogP contribution in [0.1, 0.15) is 32.1 Å². The summed E-state index contributed by atoms with van der Waals surface area (Å²) < 4.78 is 26.6. The van der Waals surface area contributed by atoms with Crippen LogP contribution in [0.3, 0.4) is 0 Å². The fourth-order valence-corrected chi connectivity index (χ4v) is 3.71. The molecule has 0 unspecified atom stereocenters. The highest BCUT2D eigenvalue weighted by molar-refractivity contribution is 7.89. The zero-order chi connectivity index (χ0) is 13.1. The van der Waals surface area contributed by atoms with Crippen LogP contribution in [-0.2, 0) is 16.6 Å². The second-order valence-corrected chi connectivity index (χ2v) is 7.44. The number of thiophene rings is 1. The molecule has 0 aliphatic heterocycles. The van der Waals surface area contributed by atoms with Crippen LogP contribution in [0, 0.1) is 5.41 Å². The first-order valence-corrected chi connectivity index (χ1v) is 7.85. The van der Waals surface area contributed by atoms with Crippen molar-refractivity contribution in [1.29, 1.82) is 0 Å². The average Bonchev–Trinajstić information content (AvgIpc) is 2.75. The summed E-state index contributed by atoms with van der Waals surface area (Å²) in [4.78, 5) is 0.670. The van der Waals surface area contributed by atoms with Crippen LogP contribution in [-0.4, -0.2) is 20.1 Å². The van der Waals surface area contributed by atoms with Crippen LogP contribution in [0.25, 0.3) is 0 Å². The van der Waals surface area contributed by atoms with Crippen molar-refractivity contribution in [3.05, 3.63) is 16.3 Å². The first-order chi connectivity index (χ1) is 7.82. The molecule has 0 aliphatic rings. The molecule has 1 aromatic heterocycles. The van der Waals surface area contributed by atoms with Crippen LogP contribution in [0.4, 0.5) is 0 Å². The van der Waals surface area contributed by atoms with E-state index in [9.17, 15) is 8.42 Å². The Bertz CT molecular complexity index is 463. The third kappa shape index (κ3) is 3.77. The molecule has 0 saturated heterocycles. The minimum absolute atomic E-state index is 0.0670. The van der Waals surface area contributed by atoms with Gasteiger partial charge in [0.2, 0.25) is 10.0 Å². The van der Waals surface area contributed by atoms with Crippen molar-refractivity contribution in [2.45, 2.75) is 38.7 Å². The van der Waals surface area contributed by atoms with Gasteiger partial charge in [-0.15, -0.1) is 11.3 Å². The van der Waals surface area contributed by atoms with Crippen molar-refractivity contribution in [3.63, 3.8) is 0 Å². The van der Waals surface area contributed by atoms with E-state index in [2.05, 4.69) is 4.72 Å². The van der Waals surface area contributed by atoms with E-state index >= 15 is 0 Å². The third-order valence-electron chi connectivity index (χ3n) is 2.84. The summed E-state index contributed by atoms with van der Waals surface area (Å²) in [6.45, 7) is 6.20. The van der Waals surface area contributed by atoms with E-state index in [1.54, 1.807) is 5.38 Å². The third-order valence-corrected chi connectivity index (χ3v) is 5.36. The Morgan fingerprint density at radius 3 is 2.65 bits per heavy atom. The molecular formula is C11H19NO3S2. The van der Waals surface area contributed by atoms with Crippen molar-refractivity contribution in [3.8, 4) is 0 Å². The van der Waals surface area contributed by atoms with Gasteiger partial charge in [-0.2, -0.15) is 0 Å². The van der Waals surface area contributed by atoms with Gasteiger partial charge in [0, 0.05) is 11.4 Å². The summed E-state index contributed by atoms with van der Waals surface area (Å²) >= 11 is 1.25. The zero-order valence-corrected chi connectivity index (χ0v) is 12.0. The maximum Gasteiger partial charge on any atom is 0.241 e. The molecule has 98 valence electrons. The summed E-state index contributed by atoms with van der Waals surface area (Å²) in [6, 6.07) is 1.53. The van der Waals surface area contributed by atoms with E-state index in [-0.39, 0.29) is 16.9 Å². The summed E-state index contributed by atoms with van der Waals surface area (Å²) in [5, 5.41) is 10.7. The Morgan fingerprint density at radius 2 is 2.12 bits per heavy atom. The number of nitrogens with one attached hydrogen (secondary N) is 1. The average molecular weight is 277 g/mol. The molecule has 6 heteroatoms. The van der Waals surface area contributed by atoms with Crippen molar-refractivity contribution in [2.75, 3.05) is 6.54 Å². The fraction of sp³-hybridized carbons (Fsp3) is 0.636. The van der Waals surface area contributed by atoms with Crippen LogP contribution in [0.15, 0.2) is 16.3 Å². The molecule has 0 fully saturated rings. The summed E-state index contributed by atoms with van der Waals surface area (Å²) in [6.07, 6.45) is 0.895. The van der Waals surface area contributed by atoms with Gasteiger partial charge >= 0.3 is 0 Å². The molecule has 0 aromatic carbocycles. The predicted molar refractivity (Wildman–Crippen MR) is 69.5 cm³/mol. The second-order valence-electron chi connectivity index (χ2n) is 4.71. The molecule has 1 heterocycles. The van der Waals surface area contributed by atoms with Crippen molar-refractivity contribution >= 4 is 21.4 Å². The minimum atomic E-state index is -3.50. The van der Waals surface area contributed by atoms with Gasteiger partial charge in [-0.3, -0.25) is 0 Å². The maximum atomic E-state index is 12.0. The number of aliphatic hydroxyl groups excluding tert-OH is 1. The number of hydrogen-bond donors (Lipinski definition) is 2. The number of sulfonamides is 1. The van der Waals surface area contributed by atoms with E-state index in [0.29, 0.717) is 11.4 Å². The lowest BCUT2D eigenvalue weighted by Crippen LogP contribution is -2.33. The van der Waals surface area contributed by atoms with Gasteiger partial charge in [-0.05, 0) is 23.3 Å². The predicted octanol–water partition coefficient (Wildman–Crippen LogP) is 1.95. The lowest BCUT2D eigenvalue weighted by molar-refractivity contribution is 0.282. The van der Waals surface area contributed by atoms with Gasteiger partial charge < -0.3 is 5.11 Å². The Morgan fingerprint density at radius 1 is 1.47 bits per heavy atom. The monoisotopic (exact) mass is 277 g/mol. The maximum absolute atomic E-state index is 12.0. The second kappa shape index (κ2) is 5.48. The molecule has 0 radical (unpaired) electrons. The van der Waals surface area contributed by atoms with E-state index < -0.39 is 10.0 Å². The zero-order valence-electron chi connectivity index (χ0n) is 10.4. The molecule has 0 amide bonds. The molecule has 0 saturated carbocycles. The van der Waals surface area contributed by atoms with Gasteiger partial charge in [-0.1, -0.05) is 20.8 Å². The van der Waals surface area contributed by atoms with E-state index in [0.717, 1.165) is 6.42 Å². The summed E-state index contributed by atoms with van der Waals surface area (Å²) in [5.74, 6) is 0. The number of hydrogen-bond acceptors (Lipinski definition) is 4. The summed E-state index contributed by atoms with van der Waals surface area (Å²) in [7, 11) is -3.50. The Kier molecular flexibility index (Phi) is 4.71. The molecular weight excluding hydrogens is 258 g/mol. The number of aliphatic hydroxyl groups is 1. The van der Waals surface area contributed by atoms with Crippen molar-refractivity contribution in [1.82, 2.24) is 4.72 Å². The van der Waals surface area contributed by atoms with E-state index in [4.69, 9.17) is 5.11 Å². The highest BCUT2D eigenvalue weighted by atomic mass is 32.2. The molecule has 17 heavy (non-hydrogen) atoms. The normalized spacial score (nSPS) is 12.9. The smallest absolute Gasteiger partial charge is 0.241 e. The number of rotatable bonds is 6. The van der Waals surface area contributed by atoms with Crippen LogP contribution < -0.4 is 4.72 Å². The Balaban J connectivity index is 2.83. The molecule has 4 nitrogen and oxygen atoms in total. The molecule has 0 bridgehead atoms. The molecule has 1 rings (SSSR count). The highest BCUT2D eigenvalue weighted by Gasteiger charge is 2.23. The first kappa shape index (κ1) is 14.6. The Labute approximate surface area is 107 Å². The van der Waals surface area contributed by atoms with Gasteiger partial charge in [0.25, 0.3) is 0 Å². The lowest BCUT2D eigenvalue weighted by atomic mass is 9.91. The largest absolute Gasteiger partial charge is 0.391 e. The fourth-order valence-electron chi connectivity index (χ4n) is 1.18. The minimum Gasteiger partial charge on any atom is -0.391 e. The Hall–Kier alpha value is -0.430. The van der Waals surface area contributed by atoms with E-state index in [1.165, 1.54) is 17.4 Å². The highest BCUT2D eigenvalue weighted by Crippen LogP contribution is 2.23. The van der Waals surface area contributed by atoms with Gasteiger partial charge in [0.1, 0.15) is 0 Å². The van der Waals surface area contributed by atoms with Crippen LogP contribution in [0.2, 0.25) is 0 Å². The van der Waals surface area contributed by atoms with Gasteiger partial charge in [-0.25, -0.2) is 13.1 Å². The lowest BCUT2D eigenvalue weighted by Gasteiger charge is -2.22. The molecule has 0 atom stereocenters.